The molecule has 1 atom stereocenters. The first-order valence-electron chi connectivity index (χ1n) is 7.04. The average Bonchev–Trinajstić information content (AvgIpc) is 2.64. The first-order valence-corrected chi connectivity index (χ1v) is 7.04. The molecule has 1 aliphatic heterocycles. The van der Waals surface area contributed by atoms with E-state index < -0.39 is 0 Å². The second-order valence-corrected chi connectivity index (χ2v) is 5.35. The Bertz CT molecular complexity index is 490. The lowest BCUT2D eigenvalue weighted by molar-refractivity contribution is -0.128. The standard InChI is InChI=1S/C15H22FN3O/c1-11(17)13-4-5-15(14(16)10-13)19-7-3-6-18(8-9-19)12(2)20/h4-5,10-11H,3,6-9,17H2,1-2H3. The second kappa shape index (κ2) is 6.22. The molecule has 1 unspecified atom stereocenters. The minimum atomic E-state index is -0.240. The summed E-state index contributed by atoms with van der Waals surface area (Å²) in [6, 6.07) is 5.00. The summed E-state index contributed by atoms with van der Waals surface area (Å²) < 4.78 is 14.2. The van der Waals surface area contributed by atoms with E-state index in [0.29, 0.717) is 18.8 Å². The lowest BCUT2D eigenvalue weighted by Crippen LogP contribution is -2.33. The van der Waals surface area contributed by atoms with Crippen molar-refractivity contribution in [2.24, 2.45) is 5.73 Å². The molecule has 1 aliphatic rings. The van der Waals surface area contributed by atoms with Crippen LogP contribution in [0.5, 0.6) is 0 Å². The van der Waals surface area contributed by atoms with Crippen molar-refractivity contribution in [2.75, 3.05) is 31.1 Å². The van der Waals surface area contributed by atoms with Gasteiger partial charge < -0.3 is 15.5 Å². The lowest BCUT2D eigenvalue weighted by Gasteiger charge is -2.24. The molecule has 20 heavy (non-hydrogen) atoms. The van der Waals surface area contributed by atoms with Gasteiger partial charge in [0.05, 0.1) is 5.69 Å². The van der Waals surface area contributed by atoms with Crippen LogP contribution in [0.25, 0.3) is 0 Å². The molecule has 1 heterocycles. The van der Waals surface area contributed by atoms with Crippen molar-refractivity contribution < 1.29 is 9.18 Å². The first-order chi connectivity index (χ1) is 9.49. The number of carbonyl (C=O) groups is 1. The number of carbonyl (C=O) groups excluding carboxylic acids is 1. The van der Waals surface area contributed by atoms with Gasteiger partial charge in [0, 0.05) is 39.1 Å². The summed E-state index contributed by atoms with van der Waals surface area (Å²) in [5, 5.41) is 0. The zero-order valence-corrected chi connectivity index (χ0v) is 12.1. The van der Waals surface area contributed by atoms with E-state index in [1.165, 1.54) is 6.07 Å². The predicted octanol–water partition coefficient (Wildman–Crippen LogP) is 1.90. The SMILES string of the molecule is CC(=O)N1CCCN(c2ccc(C(C)N)cc2F)CC1. The summed E-state index contributed by atoms with van der Waals surface area (Å²) in [6.45, 7) is 6.22. The maximum absolute atomic E-state index is 14.2. The van der Waals surface area contributed by atoms with E-state index in [4.69, 9.17) is 5.73 Å². The molecule has 1 aromatic rings. The Morgan fingerprint density at radius 1 is 1.30 bits per heavy atom. The van der Waals surface area contributed by atoms with E-state index in [-0.39, 0.29) is 17.8 Å². The minimum absolute atomic E-state index is 0.0830. The van der Waals surface area contributed by atoms with Crippen LogP contribution in [-0.4, -0.2) is 37.0 Å². The first kappa shape index (κ1) is 14.8. The van der Waals surface area contributed by atoms with Gasteiger partial charge >= 0.3 is 0 Å². The number of nitrogens with zero attached hydrogens (tertiary/aromatic N) is 2. The fourth-order valence-corrected chi connectivity index (χ4v) is 2.54. The van der Waals surface area contributed by atoms with Crippen molar-refractivity contribution in [1.82, 2.24) is 4.90 Å². The number of amides is 1. The normalized spacial score (nSPS) is 17.8. The number of halogens is 1. The fraction of sp³-hybridized carbons (Fsp3) is 0.533. The highest BCUT2D eigenvalue weighted by Crippen LogP contribution is 2.24. The highest BCUT2D eigenvalue weighted by molar-refractivity contribution is 5.73. The Labute approximate surface area is 119 Å². The predicted molar refractivity (Wildman–Crippen MR) is 78.1 cm³/mol. The Morgan fingerprint density at radius 2 is 2.05 bits per heavy atom. The van der Waals surface area contributed by atoms with Crippen LogP contribution in [-0.2, 0) is 4.79 Å². The molecule has 0 spiro atoms. The number of rotatable bonds is 2. The van der Waals surface area contributed by atoms with E-state index in [1.54, 1.807) is 13.0 Å². The smallest absolute Gasteiger partial charge is 0.219 e. The van der Waals surface area contributed by atoms with Crippen molar-refractivity contribution in [3.05, 3.63) is 29.6 Å². The number of nitrogens with two attached hydrogens (primary N) is 1. The molecule has 0 aliphatic carbocycles. The van der Waals surface area contributed by atoms with Gasteiger partial charge in [0.15, 0.2) is 0 Å². The van der Waals surface area contributed by atoms with Crippen molar-refractivity contribution in [2.45, 2.75) is 26.3 Å². The van der Waals surface area contributed by atoms with Gasteiger partial charge in [-0.15, -0.1) is 0 Å². The summed E-state index contributed by atoms with van der Waals surface area (Å²) in [4.78, 5) is 15.2. The molecule has 0 saturated carbocycles. The van der Waals surface area contributed by atoms with Gasteiger partial charge in [-0.3, -0.25) is 4.79 Å². The summed E-state index contributed by atoms with van der Waals surface area (Å²) in [5.41, 5.74) is 7.16. The zero-order valence-electron chi connectivity index (χ0n) is 12.1. The number of hydrogen-bond acceptors (Lipinski definition) is 3. The Hall–Kier alpha value is -1.62. The largest absolute Gasteiger partial charge is 0.367 e. The molecule has 1 amide bonds. The Balaban J connectivity index is 2.13. The molecule has 1 saturated heterocycles. The molecule has 2 rings (SSSR count). The van der Waals surface area contributed by atoms with E-state index >= 15 is 0 Å². The molecular formula is C15H22FN3O. The maximum atomic E-state index is 14.2. The second-order valence-electron chi connectivity index (χ2n) is 5.35. The van der Waals surface area contributed by atoms with Crippen LogP contribution in [0.2, 0.25) is 0 Å². The molecule has 110 valence electrons. The van der Waals surface area contributed by atoms with Gasteiger partial charge in [0.25, 0.3) is 0 Å². The molecule has 1 aromatic carbocycles. The third kappa shape index (κ3) is 3.28. The topological polar surface area (TPSA) is 49.6 Å². The van der Waals surface area contributed by atoms with Crippen LogP contribution < -0.4 is 10.6 Å². The Morgan fingerprint density at radius 3 is 2.65 bits per heavy atom. The molecular weight excluding hydrogens is 257 g/mol. The monoisotopic (exact) mass is 279 g/mol. The highest BCUT2D eigenvalue weighted by atomic mass is 19.1. The molecule has 4 nitrogen and oxygen atoms in total. The summed E-state index contributed by atoms with van der Waals surface area (Å²) in [7, 11) is 0. The van der Waals surface area contributed by atoms with Gasteiger partial charge in [-0.1, -0.05) is 6.07 Å². The molecule has 2 N–H and O–H groups in total. The van der Waals surface area contributed by atoms with Crippen molar-refractivity contribution >= 4 is 11.6 Å². The third-order valence-electron chi connectivity index (χ3n) is 3.78. The van der Waals surface area contributed by atoms with Crippen LogP contribution in [0.15, 0.2) is 18.2 Å². The number of anilines is 1. The molecule has 5 heteroatoms. The van der Waals surface area contributed by atoms with E-state index in [1.807, 2.05) is 22.8 Å². The summed E-state index contributed by atoms with van der Waals surface area (Å²) >= 11 is 0. The van der Waals surface area contributed by atoms with Gasteiger partial charge in [-0.2, -0.15) is 0 Å². The van der Waals surface area contributed by atoms with Crippen molar-refractivity contribution in [1.29, 1.82) is 0 Å². The van der Waals surface area contributed by atoms with Crippen molar-refractivity contribution in [3.63, 3.8) is 0 Å². The van der Waals surface area contributed by atoms with E-state index in [2.05, 4.69) is 0 Å². The summed E-state index contributed by atoms with van der Waals surface area (Å²) in [5.74, 6) is -0.157. The van der Waals surface area contributed by atoms with Crippen LogP contribution in [0.1, 0.15) is 31.9 Å². The quantitative estimate of drug-likeness (QED) is 0.899. The van der Waals surface area contributed by atoms with Gasteiger partial charge in [0.1, 0.15) is 5.82 Å². The molecule has 0 radical (unpaired) electrons. The molecule has 0 aromatic heterocycles. The van der Waals surface area contributed by atoms with Gasteiger partial charge in [-0.05, 0) is 31.0 Å². The van der Waals surface area contributed by atoms with Crippen LogP contribution in [0.4, 0.5) is 10.1 Å². The lowest BCUT2D eigenvalue weighted by atomic mass is 10.1. The number of hydrogen-bond donors (Lipinski definition) is 1. The molecule has 0 bridgehead atoms. The van der Waals surface area contributed by atoms with Crippen molar-refractivity contribution in [3.8, 4) is 0 Å². The third-order valence-corrected chi connectivity index (χ3v) is 3.78. The van der Waals surface area contributed by atoms with Crippen LogP contribution in [0.3, 0.4) is 0 Å². The zero-order chi connectivity index (χ0) is 14.7. The van der Waals surface area contributed by atoms with E-state index in [0.717, 1.165) is 25.1 Å². The van der Waals surface area contributed by atoms with Gasteiger partial charge in [0.2, 0.25) is 5.91 Å². The fourth-order valence-electron chi connectivity index (χ4n) is 2.54. The van der Waals surface area contributed by atoms with Gasteiger partial charge in [-0.25, -0.2) is 4.39 Å². The number of benzene rings is 1. The van der Waals surface area contributed by atoms with E-state index in [9.17, 15) is 9.18 Å². The summed E-state index contributed by atoms with van der Waals surface area (Å²) in [6.07, 6.45) is 0.855. The highest BCUT2D eigenvalue weighted by Gasteiger charge is 2.19. The maximum Gasteiger partial charge on any atom is 0.219 e. The Kier molecular flexibility index (Phi) is 4.60. The minimum Gasteiger partial charge on any atom is -0.367 e. The van der Waals surface area contributed by atoms with Crippen LogP contribution >= 0.6 is 0 Å². The molecule has 1 fully saturated rings. The average molecular weight is 279 g/mol. The van der Waals surface area contributed by atoms with Crippen LogP contribution in [0, 0.1) is 5.82 Å².